The van der Waals surface area contributed by atoms with Crippen molar-refractivity contribution >= 4 is 119 Å². The minimum absolute atomic E-state index is 0.192. The average molecular weight is 941 g/mol. The molecule has 24 heteroatoms. The minimum atomic E-state index is -4.89. The zero-order valence-corrected chi connectivity index (χ0v) is 35.2. The fourth-order valence-corrected chi connectivity index (χ4v) is 8.42. The number of nitrogens with two attached hydrogens (primary N) is 5. The Morgan fingerprint density at radius 2 is 0.952 bits per heavy atom. The maximum Gasteiger partial charge on any atom is 0.296 e. The summed E-state index contributed by atoms with van der Waals surface area (Å²) >= 11 is 0. The lowest BCUT2D eigenvalue weighted by Gasteiger charge is -2.13. The van der Waals surface area contributed by atoms with Crippen LogP contribution in [0.3, 0.4) is 0 Å². The fraction of sp³-hybridized carbons (Fsp3) is 0. The lowest BCUT2D eigenvalue weighted by atomic mass is 10.1. The maximum atomic E-state index is 12.2. The van der Waals surface area contributed by atoms with Crippen molar-refractivity contribution in [3.63, 3.8) is 0 Å². The van der Waals surface area contributed by atoms with Gasteiger partial charge in [0.15, 0.2) is 0 Å². The molecule has 0 aromatic heterocycles. The first-order valence-corrected chi connectivity index (χ1v) is 23.1. The molecule has 0 aliphatic carbocycles. The van der Waals surface area contributed by atoms with Gasteiger partial charge in [0.25, 0.3) is 40.5 Å². The predicted octanol–water partition coefficient (Wildman–Crippen LogP) is 4.77. The van der Waals surface area contributed by atoms with Gasteiger partial charge in [-0.3, -0.25) is 23.0 Å². The van der Waals surface area contributed by atoms with Gasteiger partial charge in [0.1, 0.15) is 15.5 Å². The monoisotopic (exact) mass is 940 g/mol. The molecule has 7 rings (SSSR count). The number of hydrogen-bond donors (Lipinski definition) is 11. The van der Waals surface area contributed by atoms with E-state index in [-0.39, 0.29) is 26.8 Å². The van der Waals surface area contributed by atoms with Gasteiger partial charge in [-0.2, -0.15) is 33.7 Å². The second-order valence-corrected chi connectivity index (χ2v) is 18.8. The highest BCUT2D eigenvalue weighted by Crippen LogP contribution is 2.41. The SMILES string of the molecule is Nc1ccc(N)c2cc(S(=O)(=O)O)ccc12.Nc1ccc(NC(=O)/C=C/c2ccccc2)c2ccc(S(=O)(=O)O)cc12.Nc1ccc2c(S(=O)(=O)O)cc(S(=O)(=O)O)c(N)c2c1O. The molecule has 0 bridgehead atoms. The van der Waals surface area contributed by atoms with Gasteiger partial charge < -0.3 is 39.1 Å². The van der Waals surface area contributed by atoms with E-state index in [1.54, 1.807) is 30.3 Å². The molecule has 0 spiro atoms. The molecule has 330 valence electrons. The van der Waals surface area contributed by atoms with Crippen LogP contribution in [0.2, 0.25) is 0 Å². The number of phenols is 1. The van der Waals surface area contributed by atoms with Crippen LogP contribution < -0.4 is 34.0 Å². The number of nitrogen functional groups attached to an aromatic ring is 5. The molecule has 16 N–H and O–H groups in total. The summed E-state index contributed by atoms with van der Waals surface area (Å²) in [6.07, 6.45) is 3.09. The predicted molar refractivity (Wildman–Crippen MR) is 239 cm³/mol. The Hall–Kier alpha value is -7.03. The second kappa shape index (κ2) is 17.8. The minimum Gasteiger partial charge on any atom is -0.505 e. The van der Waals surface area contributed by atoms with Crippen molar-refractivity contribution < 1.29 is 61.8 Å². The van der Waals surface area contributed by atoms with Crippen molar-refractivity contribution in [3.05, 3.63) is 121 Å². The molecular formula is C39H36N6O14S4. The fourth-order valence-electron chi connectivity index (χ4n) is 5.97. The van der Waals surface area contributed by atoms with E-state index in [1.165, 1.54) is 42.5 Å². The quantitative estimate of drug-likeness (QED) is 0.0443. The number of aromatic hydroxyl groups is 1. The van der Waals surface area contributed by atoms with Crippen molar-refractivity contribution in [3.8, 4) is 5.75 Å². The average Bonchev–Trinajstić information content (AvgIpc) is 3.20. The van der Waals surface area contributed by atoms with Gasteiger partial charge in [0, 0.05) is 55.8 Å². The van der Waals surface area contributed by atoms with Gasteiger partial charge in [-0.1, -0.05) is 48.5 Å². The Bertz CT molecular complexity index is 3460. The van der Waals surface area contributed by atoms with E-state index in [4.69, 9.17) is 37.8 Å². The molecule has 0 fully saturated rings. The van der Waals surface area contributed by atoms with Crippen LogP contribution in [0.15, 0.2) is 135 Å². The van der Waals surface area contributed by atoms with E-state index in [0.29, 0.717) is 50.4 Å². The highest BCUT2D eigenvalue weighted by Gasteiger charge is 2.26. The maximum absolute atomic E-state index is 12.2. The van der Waals surface area contributed by atoms with Gasteiger partial charge in [-0.15, -0.1) is 0 Å². The van der Waals surface area contributed by atoms with Gasteiger partial charge >= 0.3 is 0 Å². The highest BCUT2D eigenvalue weighted by atomic mass is 32.2. The summed E-state index contributed by atoms with van der Waals surface area (Å²) < 4.78 is 126. The number of benzene rings is 7. The summed E-state index contributed by atoms with van der Waals surface area (Å²) in [6.45, 7) is 0. The number of phenolic OH excluding ortho intramolecular Hbond substituents is 1. The molecule has 0 saturated carbocycles. The second-order valence-electron chi connectivity index (χ2n) is 13.2. The molecule has 7 aromatic rings. The van der Waals surface area contributed by atoms with Gasteiger partial charge in [-0.25, -0.2) is 0 Å². The Balaban J connectivity index is 0.000000183. The third-order valence-corrected chi connectivity index (χ3v) is 12.5. The van der Waals surface area contributed by atoms with Crippen LogP contribution in [0.25, 0.3) is 38.4 Å². The normalized spacial score (nSPS) is 12.1. The smallest absolute Gasteiger partial charge is 0.296 e. The highest BCUT2D eigenvalue weighted by molar-refractivity contribution is 7.87. The lowest BCUT2D eigenvalue weighted by molar-refractivity contribution is -0.111. The molecular weight excluding hydrogens is 905 g/mol. The summed E-state index contributed by atoms with van der Waals surface area (Å²) in [5.74, 6) is -1.00. The van der Waals surface area contributed by atoms with Gasteiger partial charge in [0.05, 0.1) is 26.6 Å². The summed E-state index contributed by atoms with van der Waals surface area (Å²) in [6, 6.07) is 26.7. The molecule has 0 aliphatic heterocycles. The number of rotatable bonds is 7. The van der Waals surface area contributed by atoms with Gasteiger partial charge in [0.2, 0.25) is 5.91 Å². The zero-order valence-electron chi connectivity index (χ0n) is 32.0. The van der Waals surface area contributed by atoms with E-state index in [1.807, 2.05) is 30.3 Å². The third-order valence-electron chi connectivity index (χ3n) is 8.98. The van der Waals surface area contributed by atoms with Crippen LogP contribution in [0, 0.1) is 0 Å². The number of anilines is 6. The molecule has 0 radical (unpaired) electrons. The standard InChI is InChI=1S/C19H16N2O4S.C10H10N2O7S2.C10H10N2O3S/c20-17-9-10-18(15-8-7-14(12-16(15)17)26(23,24)25)21-19(22)11-6-13-4-2-1-3-5-13;11-5-2-1-4-6(20(14,15)16)3-7(21(17,18)19)9(12)8(4)10(5)13;11-9-3-4-10(12)8-5-6(16(13,14)15)1-2-7(8)9/h1-12H,20H2,(H,21,22)(H,23,24,25);1-3,13H,11-12H2,(H,14,15,16)(H,17,18,19);1-5H,11-12H2,(H,13,14,15)/b11-6+;;. The molecule has 0 saturated heterocycles. The van der Waals surface area contributed by atoms with Crippen molar-refractivity contribution in [2.75, 3.05) is 34.0 Å². The van der Waals surface area contributed by atoms with Crippen molar-refractivity contribution in [1.29, 1.82) is 0 Å². The number of amides is 1. The number of fused-ring (bicyclic) bond motifs is 3. The Morgan fingerprint density at radius 1 is 0.492 bits per heavy atom. The van der Waals surface area contributed by atoms with E-state index < -0.39 is 67.1 Å². The third kappa shape index (κ3) is 10.9. The number of hydrogen-bond acceptors (Lipinski definition) is 15. The van der Waals surface area contributed by atoms with Crippen LogP contribution in [-0.4, -0.2) is 62.9 Å². The molecule has 1 amide bonds. The van der Waals surface area contributed by atoms with Crippen molar-refractivity contribution in [1.82, 2.24) is 0 Å². The molecule has 7 aromatic carbocycles. The molecule has 0 unspecified atom stereocenters. The Morgan fingerprint density at radius 3 is 1.48 bits per heavy atom. The number of carbonyl (C=O) groups excluding carboxylic acids is 1. The first-order valence-electron chi connectivity index (χ1n) is 17.4. The van der Waals surface area contributed by atoms with Crippen LogP contribution >= 0.6 is 0 Å². The summed E-state index contributed by atoms with van der Waals surface area (Å²) in [4.78, 5) is 9.91. The van der Waals surface area contributed by atoms with Crippen LogP contribution in [0.5, 0.6) is 5.75 Å². The van der Waals surface area contributed by atoms with Crippen LogP contribution in [-0.2, 0) is 45.3 Å². The molecule has 63 heavy (non-hydrogen) atoms. The van der Waals surface area contributed by atoms with E-state index in [0.717, 1.165) is 17.7 Å². The van der Waals surface area contributed by atoms with Crippen molar-refractivity contribution in [2.24, 2.45) is 0 Å². The summed E-state index contributed by atoms with van der Waals surface area (Å²) in [7, 11) is -18.3. The van der Waals surface area contributed by atoms with E-state index in [9.17, 15) is 52.7 Å². The lowest BCUT2D eigenvalue weighted by Crippen LogP contribution is -2.08. The van der Waals surface area contributed by atoms with E-state index >= 15 is 0 Å². The van der Waals surface area contributed by atoms with Crippen molar-refractivity contribution in [2.45, 2.75) is 19.6 Å². The zero-order chi connectivity index (χ0) is 46.8. The first kappa shape index (κ1) is 47.0. The topological polar surface area (TPSA) is 397 Å². The number of nitrogens with one attached hydrogen (secondary N) is 1. The number of carbonyl (C=O) groups is 1. The first-order chi connectivity index (χ1) is 29.2. The summed E-state index contributed by atoms with van der Waals surface area (Å²) in [5, 5.41) is 14.1. The summed E-state index contributed by atoms with van der Waals surface area (Å²) in [5.41, 5.74) is 30.2. The molecule has 0 aliphatic rings. The van der Waals surface area contributed by atoms with Gasteiger partial charge in [-0.05, 0) is 72.3 Å². The Labute approximate surface area is 359 Å². The Kier molecular flexibility index (Phi) is 13.3. The molecule has 20 nitrogen and oxygen atoms in total. The molecule has 0 heterocycles. The van der Waals surface area contributed by atoms with Crippen LogP contribution in [0.1, 0.15) is 5.56 Å². The van der Waals surface area contributed by atoms with E-state index in [2.05, 4.69) is 5.32 Å². The molecule has 0 atom stereocenters. The largest absolute Gasteiger partial charge is 0.505 e. The van der Waals surface area contributed by atoms with Crippen LogP contribution in [0.4, 0.5) is 34.1 Å².